The number of aryl methyl sites for hydroxylation is 2. The molecule has 0 fully saturated rings. The first-order chi connectivity index (χ1) is 18.3. The van der Waals surface area contributed by atoms with Gasteiger partial charge in [-0.3, -0.25) is 9.69 Å². The van der Waals surface area contributed by atoms with Crippen molar-refractivity contribution >= 4 is 12.1 Å². The minimum Gasteiger partial charge on any atom is -0.493 e. The number of amides is 1. The monoisotopic (exact) mass is 514 g/mol. The number of carboxylic acids is 1. The van der Waals surface area contributed by atoms with E-state index in [1.807, 2.05) is 68.4 Å². The Morgan fingerprint density at radius 3 is 2.26 bits per heavy atom. The van der Waals surface area contributed by atoms with Crippen LogP contribution < -0.4 is 9.47 Å². The smallest absolute Gasteiger partial charge is 0.416 e. The first kappa shape index (κ1) is 26.5. The number of aliphatic carboxylic acids is 1. The SMILES string of the molecule is Cc1ccc(OC(=O)N(CC(=O)O)C(C)c2ccc(OCCc3nc(-c4ccccc4)oc3C)cc2)cc1. The first-order valence-electron chi connectivity index (χ1n) is 12.3. The van der Waals surface area contributed by atoms with Crippen LogP contribution >= 0.6 is 0 Å². The molecule has 0 aliphatic heterocycles. The van der Waals surface area contributed by atoms with Gasteiger partial charge in [0.05, 0.1) is 18.3 Å². The van der Waals surface area contributed by atoms with E-state index in [4.69, 9.17) is 13.9 Å². The molecule has 1 amide bonds. The van der Waals surface area contributed by atoms with E-state index in [0.29, 0.717) is 30.4 Å². The van der Waals surface area contributed by atoms with Crippen molar-refractivity contribution in [2.24, 2.45) is 0 Å². The van der Waals surface area contributed by atoms with Crippen molar-refractivity contribution in [3.05, 3.63) is 101 Å². The largest absolute Gasteiger partial charge is 0.493 e. The van der Waals surface area contributed by atoms with E-state index < -0.39 is 24.6 Å². The molecule has 3 aromatic carbocycles. The highest BCUT2D eigenvalue weighted by molar-refractivity contribution is 5.78. The summed E-state index contributed by atoms with van der Waals surface area (Å²) in [7, 11) is 0. The van der Waals surface area contributed by atoms with Crippen molar-refractivity contribution in [1.29, 1.82) is 0 Å². The second-order valence-corrected chi connectivity index (χ2v) is 8.93. The van der Waals surface area contributed by atoms with E-state index in [9.17, 15) is 14.7 Å². The Labute approximate surface area is 221 Å². The van der Waals surface area contributed by atoms with Gasteiger partial charge in [-0.05, 0) is 62.7 Å². The summed E-state index contributed by atoms with van der Waals surface area (Å²) in [5.41, 5.74) is 3.54. The molecular weight excluding hydrogens is 484 g/mol. The molecule has 4 aromatic rings. The molecular formula is C30H30N2O6. The van der Waals surface area contributed by atoms with E-state index in [1.165, 1.54) is 4.90 Å². The zero-order chi connectivity index (χ0) is 27.1. The summed E-state index contributed by atoms with van der Waals surface area (Å²) < 4.78 is 17.1. The lowest BCUT2D eigenvalue weighted by Crippen LogP contribution is -2.39. The van der Waals surface area contributed by atoms with Gasteiger partial charge >= 0.3 is 12.1 Å². The number of ether oxygens (including phenoxy) is 2. The molecule has 1 N–H and O–H groups in total. The number of rotatable bonds is 10. The molecule has 38 heavy (non-hydrogen) atoms. The van der Waals surface area contributed by atoms with Gasteiger partial charge in [-0.25, -0.2) is 9.78 Å². The lowest BCUT2D eigenvalue weighted by molar-refractivity contribution is -0.138. The topological polar surface area (TPSA) is 102 Å². The Bertz CT molecular complexity index is 1360. The third kappa shape index (κ3) is 6.79. The van der Waals surface area contributed by atoms with Crippen molar-refractivity contribution in [3.8, 4) is 23.0 Å². The second kappa shape index (κ2) is 12.1. The zero-order valence-corrected chi connectivity index (χ0v) is 21.6. The molecule has 4 rings (SSSR count). The average molecular weight is 515 g/mol. The summed E-state index contributed by atoms with van der Waals surface area (Å²) >= 11 is 0. The van der Waals surface area contributed by atoms with Crippen LogP contribution in [0.25, 0.3) is 11.5 Å². The predicted molar refractivity (Wildman–Crippen MR) is 142 cm³/mol. The fourth-order valence-electron chi connectivity index (χ4n) is 3.92. The van der Waals surface area contributed by atoms with E-state index in [1.54, 1.807) is 31.2 Å². The minimum atomic E-state index is -1.13. The number of nitrogens with zero attached hydrogens (tertiary/aromatic N) is 2. The molecule has 0 radical (unpaired) electrons. The van der Waals surface area contributed by atoms with Crippen molar-refractivity contribution in [3.63, 3.8) is 0 Å². The number of carbonyl (C=O) groups excluding carboxylic acids is 1. The number of carbonyl (C=O) groups is 2. The summed E-state index contributed by atoms with van der Waals surface area (Å²) in [5.74, 6) is 1.22. The number of hydrogen-bond donors (Lipinski definition) is 1. The summed E-state index contributed by atoms with van der Waals surface area (Å²) in [6, 6.07) is 23.4. The quantitative estimate of drug-likeness (QED) is 0.268. The zero-order valence-electron chi connectivity index (χ0n) is 21.6. The summed E-state index contributed by atoms with van der Waals surface area (Å²) in [4.78, 5) is 30.0. The maximum absolute atomic E-state index is 12.8. The van der Waals surface area contributed by atoms with E-state index in [0.717, 1.165) is 28.1 Å². The highest BCUT2D eigenvalue weighted by Crippen LogP contribution is 2.25. The molecule has 1 unspecified atom stereocenters. The molecule has 1 aromatic heterocycles. The van der Waals surface area contributed by atoms with Gasteiger partial charge in [0, 0.05) is 12.0 Å². The van der Waals surface area contributed by atoms with Crippen molar-refractivity contribution in [2.75, 3.05) is 13.2 Å². The standard InChI is InChI=1S/C30H30N2O6/c1-20-9-13-26(14-10-20)38-30(35)32(19-28(33)34)21(2)23-11-15-25(16-12-23)36-18-17-27-22(3)37-29(31-27)24-7-5-4-6-8-24/h4-16,21H,17-19H2,1-3H3,(H,33,34). The summed E-state index contributed by atoms with van der Waals surface area (Å²) in [6.07, 6.45) is -0.153. The van der Waals surface area contributed by atoms with Gasteiger partial charge in [0.2, 0.25) is 5.89 Å². The number of benzene rings is 3. The fraction of sp³-hybridized carbons (Fsp3) is 0.233. The molecule has 8 nitrogen and oxygen atoms in total. The molecule has 0 aliphatic rings. The summed E-state index contributed by atoms with van der Waals surface area (Å²) in [6.45, 7) is 5.48. The Morgan fingerprint density at radius 1 is 0.947 bits per heavy atom. The maximum atomic E-state index is 12.8. The first-order valence-corrected chi connectivity index (χ1v) is 12.3. The molecule has 1 atom stereocenters. The Balaban J connectivity index is 1.36. The number of aromatic nitrogens is 1. The molecule has 8 heteroatoms. The molecule has 0 bridgehead atoms. The molecule has 0 aliphatic carbocycles. The third-order valence-corrected chi connectivity index (χ3v) is 6.12. The summed E-state index contributed by atoms with van der Waals surface area (Å²) in [5, 5.41) is 9.37. The van der Waals surface area contributed by atoms with Gasteiger partial charge in [0.1, 0.15) is 23.8 Å². The van der Waals surface area contributed by atoms with E-state index in [-0.39, 0.29) is 0 Å². The minimum absolute atomic E-state index is 0.352. The fourth-order valence-corrected chi connectivity index (χ4v) is 3.92. The Kier molecular flexibility index (Phi) is 8.43. The van der Waals surface area contributed by atoms with Crippen molar-refractivity contribution in [1.82, 2.24) is 9.88 Å². The molecule has 0 saturated heterocycles. The van der Waals surface area contributed by atoms with Gasteiger partial charge in [-0.15, -0.1) is 0 Å². The van der Waals surface area contributed by atoms with Crippen LogP contribution in [-0.4, -0.2) is 40.2 Å². The third-order valence-electron chi connectivity index (χ3n) is 6.12. The molecule has 1 heterocycles. The predicted octanol–water partition coefficient (Wildman–Crippen LogP) is 6.23. The highest BCUT2D eigenvalue weighted by atomic mass is 16.6. The molecule has 0 saturated carbocycles. The van der Waals surface area contributed by atoms with Gasteiger partial charge < -0.3 is 19.0 Å². The van der Waals surface area contributed by atoms with Crippen LogP contribution in [0, 0.1) is 13.8 Å². The normalized spacial score (nSPS) is 11.6. The Morgan fingerprint density at radius 2 is 1.61 bits per heavy atom. The number of oxazole rings is 1. The van der Waals surface area contributed by atoms with Gasteiger partial charge in [-0.1, -0.05) is 48.0 Å². The number of hydrogen-bond acceptors (Lipinski definition) is 6. The van der Waals surface area contributed by atoms with Crippen LogP contribution in [0.2, 0.25) is 0 Å². The lowest BCUT2D eigenvalue weighted by atomic mass is 10.1. The van der Waals surface area contributed by atoms with Gasteiger partial charge in [0.25, 0.3) is 0 Å². The average Bonchev–Trinajstić information content (AvgIpc) is 3.29. The van der Waals surface area contributed by atoms with Crippen LogP contribution in [0.4, 0.5) is 4.79 Å². The molecule has 0 spiro atoms. The van der Waals surface area contributed by atoms with Crippen LogP contribution in [0.15, 0.2) is 83.3 Å². The van der Waals surface area contributed by atoms with Crippen LogP contribution in [0.3, 0.4) is 0 Å². The maximum Gasteiger partial charge on any atom is 0.416 e. The van der Waals surface area contributed by atoms with Gasteiger partial charge in [-0.2, -0.15) is 0 Å². The van der Waals surface area contributed by atoms with Crippen molar-refractivity contribution < 1.29 is 28.6 Å². The van der Waals surface area contributed by atoms with Crippen molar-refractivity contribution in [2.45, 2.75) is 33.2 Å². The number of carboxylic acid groups (broad SMARTS) is 1. The molecule has 196 valence electrons. The van der Waals surface area contributed by atoms with Crippen LogP contribution in [0.1, 0.15) is 35.5 Å². The Hall–Kier alpha value is -4.59. The highest BCUT2D eigenvalue weighted by Gasteiger charge is 2.26. The van der Waals surface area contributed by atoms with Crippen LogP contribution in [-0.2, 0) is 11.2 Å². The van der Waals surface area contributed by atoms with E-state index in [2.05, 4.69) is 4.98 Å². The van der Waals surface area contributed by atoms with Crippen LogP contribution in [0.5, 0.6) is 11.5 Å². The lowest BCUT2D eigenvalue weighted by Gasteiger charge is -2.27. The second-order valence-electron chi connectivity index (χ2n) is 8.93. The van der Waals surface area contributed by atoms with Gasteiger partial charge in [0.15, 0.2) is 0 Å². The van der Waals surface area contributed by atoms with E-state index >= 15 is 0 Å².